The summed E-state index contributed by atoms with van der Waals surface area (Å²) in [5.41, 5.74) is 2.04. The molecule has 0 fully saturated rings. The maximum Gasteiger partial charge on any atom is 0.322 e. The molecule has 0 saturated heterocycles. The number of urea groups is 1. The van der Waals surface area contributed by atoms with E-state index in [1.165, 1.54) is 0 Å². The van der Waals surface area contributed by atoms with Crippen molar-refractivity contribution in [1.29, 1.82) is 0 Å². The van der Waals surface area contributed by atoms with Gasteiger partial charge >= 0.3 is 6.03 Å². The molecule has 0 saturated carbocycles. The van der Waals surface area contributed by atoms with Gasteiger partial charge in [-0.2, -0.15) is 0 Å². The third kappa shape index (κ3) is 4.98. The summed E-state index contributed by atoms with van der Waals surface area (Å²) in [5.74, 6) is 0.712. The molecule has 1 N–H and O–H groups in total. The highest BCUT2D eigenvalue weighted by Crippen LogP contribution is 2.15. The van der Waals surface area contributed by atoms with Crippen LogP contribution in [-0.2, 0) is 0 Å². The molecule has 1 aromatic rings. The fourth-order valence-electron chi connectivity index (χ4n) is 2.74. The van der Waals surface area contributed by atoms with E-state index in [9.17, 15) is 4.79 Å². The van der Waals surface area contributed by atoms with Gasteiger partial charge in [0.15, 0.2) is 0 Å². The molecule has 2 amide bonds. The second-order valence-electron chi connectivity index (χ2n) is 6.28. The van der Waals surface area contributed by atoms with Crippen LogP contribution in [0.15, 0.2) is 12.1 Å². The quantitative estimate of drug-likeness (QED) is 0.879. The molecule has 5 heteroatoms. The van der Waals surface area contributed by atoms with E-state index >= 15 is 0 Å². The van der Waals surface area contributed by atoms with Crippen LogP contribution < -0.4 is 10.2 Å². The van der Waals surface area contributed by atoms with Gasteiger partial charge in [-0.1, -0.05) is 0 Å². The van der Waals surface area contributed by atoms with Crippen LogP contribution in [0.4, 0.5) is 10.6 Å². The van der Waals surface area contributed by atoms with Crippen LogP contribution in [0.25, 0.3) is 0 Å². The minimum atomic E-state index is -0.120. The summed E-state index contributed by atoms with van der Waals surface area (Å²) in [6.07, 6.45) is 0. The fraction of sp³-hybridized carbons (Fsp3) is 0.647. The van der Waals surface area contributed by atoms with E-state index in [4.69, 9.17) is 0 Å². The Hall–Kier alpha value is -1.62. The number of nitrogens with zero attached hydrogens (tertiary/aromatic N) is 3. The Kier molecular flexibility index (Phi) is 6.81. The predicted molar refractivity (Wildman–Crippen MR) is 92.5 cm³/mol. The highest BCUT2D eigenvalue weighted by Gasteiger charge is 2.20. The number of amides is 2. The SMILES string of the molecule is CNC(=O)N(CCN(C(C)C)C(C)C)c1cc(C)cc(C)n1. The van der Waals surface area contributed by atoms with Crippen LogP contribution in [0.1, 0.15) is 39.0 Å². The lowest BCUT2D eigenvalue weighted by atomic mass is 10.2. The molecule has 0 aliphatic carbocycles. The number of pyridine rings is 1. The van der Waals surface area contributed by atoms with Crippen LogP contribution in [0, 0.1) is 13.8 Å². The molecule has 0 aliphatic heterocycles. The van der Waals surface area contributed by atoms with Gasteiger partial charge in [0.05, 0.1) is 0 Å². The first-order valence-corrected chi connectivity index (χ1v) is 7.96. The van der Waals surface area contributed by atoms with Crippen LogP contribution in [0.3, 0.4) is 0 Å². The third-order valence-electron chi connectivity index (χ3n) is 3.73. The molecule has 0 aromatic carbocycles. The number of rotatable bonds is 6. The fourth-order valence-corrected chi connectivity index (χ4v) is 2.74. The Balaban J connectivity index is 2.96. The monoisotopic (exact) mass is 306 g/mol. The van der Waals surface area contributed by atoms with E-state index in [1.807, 2.05) is 26.0 Å². The van der Waals surface area contributed by atoms with Crippen molar-refractivity contribution in [1.82, 2.24) is 15.2 Å². The maximum atomic E-state index is 12.2. The minimum Gasteiger partial charge on any atom is -0.341 e. The molecule has 0 spiro atoms. The van der Waals surface area contributed by atoms with E-state index in [-0.39, 0.29) is 6.03 Å². The van der Waals surface area contributed by atoms with Crippen molar-refractivity contribution in [2.45, 2.75) is 53.6 Å². The Morgan fingerprint density at radius 3 is 2.18 bits per heavy atom. The largest absolute Gasteiger partial charge is 0.341 e. The molecule has 1 aromatic heterocycles. The van der Waals surface area contributed by atoms with Crippen molar-refractivity contribution in [2.75, 3.05) is 25.0 Å². The summed E-state index contributed by atoms with van der Waals surface area (Å²) in [5, 5.41) is 2.71. The van der Waals surface area contributed by atoms with Crippen molar-refractivity contribution >= 4 is 11.8 Å². The lowest BCUT2D eigenvalue weighted by Crippen LogP contribution is -2.46. The molecule has 124 valence electrons. The molecule has 0 bridgehead atoms. The molecule has 0 atom stereocenters. The molecule has 0 unspecified atom stereocenters. The number of carbonyl (C=O) groups is 1. The molecule has 22 heavy (non-hydrogen) atoms. The van der Waals surface area contributed by atoms with Crippen LogP contribution >= 0.6 is 0 Å². The van der Waals surface area contributed by atoms with Gasteiger partial charge in [0.1, 0.15) is 5.82 Å². The molecular formula is C17H30N4O. The second-order valence-corrected chi connectivity index (χ2v) is 6.28. The third-order valence-corrected chi connectivity index (χ3v) is 3.73. The van der Waals surface area contributed by atoms with Gasteiger partial charge in [0, 0.05) is 37.9 Å². The zero-order valence-electron chi connectivity index (χ0n) is 15.0. The van der Waals surface area contributed by atoms with Crippen molar-refractivity contribution in [2.24, 2.45) is 0 Å². The van der Waals surface area contributed by atoms with Gasteiger partial charge in [-0.15, -0.1) is 0 Å². The van der Waals surface area contributed by atoms with Crippen molar-refractivity contribution < 1.29 is 4.79 Å². The van der Waals surface area contributed by atoms with Crippen molar-refractivity contribution in [3.63, 3.8) is 0 Å². The average molecular weight is 306 g/mol. The summed E-state index contributed by atoms with van der Waals surface area (Å²) in [4.78, 5) is 20.9. The molecule has 5 nitrogen and oxygen atoms in total. The van der Waals surface area contributed by atoms with Gasteiger partial charge < -0.3 is 5.32 Å². The number of hydrogen-bond donors (Lipinski definition) is 1. The Bertz CT molecular complexity index is 471. The topological polar surface area (TPSA) is 48.5 Å². The predicted octanol–water partition coefficient (Wildman–Crippen LogP) is 2.96. The Morgan fingerprint density at radius 2 is 1.73 bits per heavy atom. The molecule has 1 heterocycles. The number of carbonyl (C=O) groups excluding carboxylic acids is 1. The summed E-state index contributed by atoms with van der Waals surface area (Å²) in [6, 6.07) is 4.74. The lowest BCUT2D eigenvalue weighted by Gasteiger charge is -2.32. The van der Waals surface area contributed by atoms with Gasteiger partial charge in [-0.3, -0.25) is 9.80 Å². The smallest absolute Gasteiger partial charge is 0.322 e. The summed E-state index contributed by atoms with van der Waals surface area (Å²) in [7, 11) is 1.65. The van der Waals surface area contributed by atoms with Crippen molar-refractivity contribution in [3.05, 3.63) is 23.4 Å². The number of aromatic nitrogens is 1. The van der Waals surface area contributed by atoms with E-state index in [2.05, 4.69) is 42.9 Å². The van der Waals surface area contributed by atoms with E-state index in [1.54, 1.807) is 11.9 Å². The standard InChI is InChI=1S/C17H30N4O/c1-12(2)20(13(3)4)8-9-21(17(22)18-7)16-11-14(5)10-15(6)19-16/h10-13H,8-9H2,1-7H3,(H,18,22). The maximum absolute atomic E-state index is 12.2. The van der Waals surface area contributed by atoms with E-state index in [0.717, 1.165) is 17.8 Å². The molecule has 0 radical (unpaired) electrons. The lowest BCUT2D eigenvalue weighted by molar-refractivity contribution is 0.179. The number of aryl methyl sites for hydroxylation is 2. The molecule has 1 rings (SSSR count). The second kappa shape index (κ2) is 8.13. The number of hydrogen-bond acceptors (Lipinski definition) is 3. The summed E-state index contributed by atoms with van der Waals surface area (Å²) < 4.78 is 0. The summed E-state index contributed by atoms with van der Waals surface area (Å²) >= 11 is 0. The van der Waals surface area contributed by atoms with Crippen LogP contribution in [-0.4, -0.2) is 48.1 Å². The first kappa shape index (κ1) is 18.4. The highest BCUT2D eigenvalue weighted by atomic mass is 16.2. The van der Waals surface area contributed by atoms with Gasteiger partial charge in [0.25, 0.3) is 0 Å². The summed E-state index contributed by atoms with van der Waals surface area (Å²) in [6.45, 7) is 14.1. The van der Waals surface area contributed by atoms with Crippen molar-refractivity contribution in [3.8, 4) is 0 Å². The minimum absolute atomic E-state index is 0.120. The average Bonchev–Trinajstić information content (AvgIpc) is 2.40. The zero-order valence-corrected chi connectivity index (χ0v) is 15.0. The Labute approximate surface area is 134 Å². The van der Waals surface area contributed by atoms with Crippen LogP contribution in [0.5, 0.6) is 0 Å². The van der Waals surface area contributed by atoms with Gasteiger partial charge in [-0.05, 0) is 59.2 Å². The van der Waals surface area contributed by atoms with Crippen LogP contribution in [0.2, 0.25) is 0 Å². The highest BCUT2D eigenvalue weighted by molar-refractivity contribution is 5.90. The normalized spacial score (nSPS) is 11.4. The van der Waals surface area contributed by atoms with Gasteiger partial charge in [-0.25, -0.2) is 9.78 Å². The number of nitrogens with one attached hydrogen (secondary N) is 1. The van der Waals surface area contributed by atoms with Gasteiger partial charge in [0.2, 0.25) is 0 Å². The first-order chi connectivity index (χ1) is 10.3. The number of anilines is 1. The first-order valence-electron chi connectivity index (χ1n) is 7.96. The zero-order chi connectivity index (χ0) is 16.9. The molecular weight excluding hydrogens is 276 g/mol. The van der Waals surface area contributed by atoms with E-state index in [0.29, 0.717) is 24.4 Å². The van der Waals surface area contributed by atoms with E-state index < -0.39 is 0 Å². The Morgan fingerprint density at radius 1 is 1.14 bits per heavy atom. The molecule has 0 aliphatic rings.